The molecule has 2 aliphatic rings. The van der Waals surface area contributed by atoms with Crippen LogP contribution in [0, 0.1) is 0 Å². The average Bonchev–Trinajstić information content (AvgIpc) is 2.85. The second kappa shape index (κ2) is 4.94. The van der Waals surface area contributed by atoms with Crippen LogP contribution >= 0.6 is 11.3 Å². The maximum Gasteiger partial charge on any atom is 0.151 e. The molecular formula is C13H19NO2S2. The van der Waals surface area contributed by atoms with E-state index in [2.05, 4.69) is 11.4 Å². The van der Waals surface area contributed by atoms with Crippen LogP contribution in [0.25, 0.3) is 0 Å². The molecule has 5 heteroatoms. The van der Waals surface area contributed by atoms with E-state index < -0.39 is 9.84 Å². The number of hydrogen-bond donors (Lipinski definition) is 1. The number of sulfone groups is 1. The molecule has 100 valence electrons. The maximum atomic E-state index is 11.5. The third-order valence-corrected chi connectivity index (χ3v) is 6.88. The van der Waals surface area contributed by atoms with Crippen LogP contribution in [-0.4, -0.2) is 26.0 Å². The van der Waals surface area contributed by atoms with Gasteiger partial charge in [0, 0.05) is 22.3 Å². The van der Waals surface area contributed by atoms with Crippen molar-refractivity contribution in [3.63, 3.8) is 0 Å². The first-order chi connectivity index (χ1) is 8.62. The molecule has 0 saturated carbocycles. The molecule has 1 saturated heterocycles. The molecule has 1 N–H and O–H groups in total. The molecule has 0 aromatic carbocycles. The molecule has 1 atom stereocenters. The summed E-state index contributed by atoms with van der Waals surface area (Å²) in [7, 11) is -2.79. The number of nitrogens with one attached hydrogen (secondary N) is 1. The molecule has 0 radical (unpaired) electrons. The third kappa shape index (κ3) is 2.78. The van der Waals surface area contributed by atoms with Crippen molar-refractivity contribution in [3.05, 3.63) is 21.4 Å². The quantitative estimate of drug-likeness (QED) is 0.922. The van der Waals surface area contributed by atoms with E-state index in [-0.39, 0.29) is 6.04 Å². The molecule has 1 aromatic rings. The lowest BCUT2D eigenvalue weighted by Gasteiger charge is -2.22. The topological polar surface area (TPSA) is 46.2 Å². The fourth-order valence-corrected chi connectivity index (χ4v) is 5.79. The predicted molar refractivity (Wildman–Crippen MR) is 74.9 cm³/mol. The zero-order chi connectivity index (χ0) is 12.6. The zero-order valence-corrected chi connectivity index (χ0v) is 12.1. The van der Waals surface area contributed by atoms with Crippen LogP contribution in [-0.2, 0) is 29.2 Å². The van der Waals surface area contributed by atoms with Gasteiger partial charge in [-0.1, -0.05) is 0 Å². The minimum atomic E-state index is -2.79. The standard InChI is InChI=1S/C13H19NO2S2/c15-18(16)6-2-4-11(9-18)14-8-12-7-10-3-1-5-13(10)17-12/h7,11,14H,1-6,8-9H2. The van der Waals surface area contributed by atoms with Gasteiger partial charge in [-0.2, -0.15) is 0 Å². The SMILES string of the molecule is O=S1(=O)CCCC(NCc2cc3c(s2)CCC3)C1. The molecule has 1 aliphatic carbocycles. The predicted octanol–water partition coefficient (Wildman–Crippen LogP) is 1.90. The number of rotatable bonds is 3. The molecule has 1 aromatic heterocycles. The summed E-state index contributed by atoms with van der Waals surface area (Å²) in [6, 6.07) is 2.46. The Morgan fingerprint density at radius 1 is 1.33 bits per heavy atom. The van der Waals surface area contributed by atoms with Crippen LogP contribution in [0.4, 0.5) is 0 Å². The van der Waals surface area contributed by atoms with E-state index in [0.29, 0.717) is 11.5 Å². The molecule has 18 heavy (non-hydrogen) atoms. The molecule has 3 rings (SSSR count). The Kier molecular flexibility index (Phi) is 3.47. The van der Waals surface area contributed by atoms with E-state index in [1.165, 1.54) is 29.7 Å². The average molecular weight is 285 g/mol. The van der Waals surface area contributed by atoms with Crippen LogP contribution in [0.2, 0.25) is 0 Å². The molecule has 1 unspecified atom stereocenters. The Bertz CT molecular complexity index is 512. The summed E-state index contributed by atoms with van der Waals surface area (Å²) in [4.78, 5) is 2.91. The highest BCUT2D eigenvalue weighted by Crippen LogP contribution is 2.30. The smallest absolute Gasteiger partial charge is 0.151 e. The fraction of sp³-hybridized carbons (Fsp3) is 0.692. The van der Waals surface area contributed by atoms with Gasteiger partial charge in [0.2, 0.25) is 0 Å². The number of thiophene rings is 1. The summed E-state index contributed by atoms with van der Waals surface area (Å²) in [5, 5.41) is 3.41. The molecule has 1 fully saturated rings. The van der Waals surface area contributed by atoms with Crippen LogP contribution in [0.3, 0.4) is 0 Å². The second-order valence-electron chi connectivity index (χ2n) is 5.35. The summed E-state index contributed by atoms with van der Waals surface area (Å²) in [6.45, 7) is 0.831. The van der Waals surface area contributed by atoms with Crippen molar-refractivity contribution in [1.82, 2.24) is 5.32 Å². The summed E-state index contributed by atoms with van der Waals surface area (Å²) < 4.78 is 23.1. The highest BCUT2D eigenvalue weighted by molar-refractivity contribution is 7.91. The fourth-order valence-electron chi connectivity index (χ4n) is 2.91. The summed E-state index contributed by atoms with van der Waals surface area (Å²) in [6.07, 6.45) is 5.56. The number of fused-ring (bicyclic) bond motifs is 1. The molecular weight excluding hydrogens is 266 g/mol. The Balaban J connectivity index is 1.57. The Labute approximate surface area is 113 Å². The van der Waals surface area contributed by atoms with Crippen molar-refractivity contribution in [2.75, 3.05) is 11.5 Å². The number of hydrogen-bond acceptors (Lipinski definition) is 4. The van der Waals surface area contributed by atoms with Crippen LogP contribution in [0.15, 0.2) is 6.07 Å². The summed E-state index contributed by atoms with van der Waals surface area (Å²) >= 11 is 1.90. The Morgan fingerprint density at radius 3 is 3.00 bits per heavy atom. The van der Waals surface area contributed by atoms with Crippen molar-refractivity contribution in [3.8, 4) is 0 Å². The molecule has 0 bridgehead atoms. The second-order valence-corrected chi connectivity index (χ2v) is 8.80. The minimum Gasteiger partial charge on any atom is -0.308 e. The molecule has 3 nitrogen and oxygen atoms in total. The molecule has 2 heterocycles. The first kappa shape index (κ1) is 12.6. The van der Waals surface area contributed by atoms with Gasteiger partial charge in [0.25, 0.3) is 0 Å². The van der Waals surface area contributed by atoms with Crippen molar-refractivity contribution in [2.45, 2.75) is 44.7 Å². The lowest BCUT2D eigenvalue weighted by atomic mass is 10.2. The van der Waals surface area contributed by atoms with Crippen LogP contribution in [0.5, 0.6) is 0 Å². The van der Waals surface area contributed by atoms with E-state index in [1.807, 2.05) is 11.3 Å². The lowest BCUT2D eigenvalue weighted by Crippen LogP contribution is -2.39. The van der Waals surface area contributed by atoms with Gasteiger partial charge < -0.3 is 5.32 Å². The van der Waals surface area contributed by atoms with Gasteiger partial charge in [0.15, 0.2) is 9.84 Å². The molecule has 1 aliphatic heterocycles. The first-order valence-corrected chi connectivity index (χ1v) is 9.30. The van der Waals surface area contributed by atoms with E-state index in [4.69, 9.17) is 0 Å². The largest absolute Gasteiger partial charge is 0.308 e. The van der Waals surface area contributed by atoms with Crippen LogP contribution < -0.4 is 5.32 Å². The van der Waals surface area contributed by atoms with Gasteiger partial charge in [-0.15, -0.1) is 11.3 Å². The first-order valence-electron chi connectivity index (χ1n) is 6.67. The van der Waals surface area contributed by atoms with Gasteiger partial charge in [0.05, 0.1) is 11.5 Å². The van der Waals surface area contributed by atoms with E-state index in [1.54, 1.807) is 4.88 Å². The van der Waals surface area contributed by atoms with Crippen molar-refractivity contribution in [1.29, 1.82) is 0 Å². The van der Waals surface area contributed by atoms with Gasteiger partial charge in [-0.25, -0.2) is 8.42 Å². The van der Waals surface area contributed by atoms with Crippen molar-refractivity contribution in [2.24, 2.45) is 0 Å². The van der Waals surface area contributed by atoms with E-state index in [9.17, 15) is 8.42 Å². The van der Waals surface area contributed by atoms with Crippen molar-refractivity contribution < 1.29 is 8.42 Å². The highest BCUT2D eigenvalue weighted by Gasteiger charge is 2.24. The normalized spacial score (nSPS) is 26.1. The molecule has 0 spiro atoms. The van der Waals surface area contributed by atoms with Gasteiger partial charge >= 0.3 is 0 Å². The van der Waals surface area contributed by atoms with Crippen molar-refractivity contribution >= 4 is 21.2 Å². The summed E-state index contributed by atoms with van der Waals surface area (Å²) in [5.74, 6) is 0.691. The lowest BCUT2D eigenvalue weighted by molar-refractivity contribution is 0.482. The van der Waals surface area contributed by atoms with Crippen LogP contribution in [0.1, 0.15) is 34.6 Å². The monoisotopic (exact) mass is 285 g/mol. The highest BCUT2D eigenvalue weighted by atomic mass is 32.2. The van der Waals surface area contributed by atoms with Gasteiger partial charge in [-0.3, -0.25) is 0 Å². The van der Waals surface area contributed by atoms with E-state index >= 15 is 0 Å². The third-order valence-electron chi connectivity index (χ3n) is 3.83. The zero-order valence-electron chi connectivity index (χ0n) is 10.4. The minimum absolute atomic E-state index is 0.153. The summed E-state index contributed by atoms with van der Waals surface area (Å²) in [5.41, 5.74) is 1.52. The Morgan fingerprint density at radius 2 is 2.22 bits per heavy atom. The maximum absolute atomic E-state index is 11.5. The van der Waals surface area contributed by atoms with E-state index in [0.717, 1.165) is 19.4 Å². The van der Waals surface area contributed by atoms with Gasteiger partial charge in [-0.05, 0) is 43.7 Å². The van der Waals surface area contributed by atoms with Gasteiger partial charge in [0.1, 0.15) is 0 Å². The molecule has 0 amide bonds. The Hall–Kier alpha value is -0.390. The number of aryl methyl sites for hydroxylation is 2.